The molecule has 2 rings (SSSR count). The molecule has 2 aromatic rings. The van der Waals surface area contributed by atoms with Gasteiger partial charge in [0.25, 0.3) is 5.91 Å². The lowest BCUT2D eigenvalue weighted by Gasteiger charge is -2.07. The highest BCUT2D eigenvalue weighted by molar-refractivity contribution is 7.19. The first-order valence-corrected chi connectivity index (χ1v) is 6.46. The minimum Gasteiger partial charge on any atom is -0.426 e. The number of carbonyl (C=O) groups is 2. The van der Waals surface area contributed by atoms with Crippen LogP contribution in [0.1, 0.15) is 17.3 Å². The number of thiazole rings is 1. The van der Waals surface area contributed by atoms with Gasteiger partial charge in [-0.25, -0.2) is 4.98 Å². The summed E-state index contributed by atoms with van der Waals surface area (Å²) < 4.78 is 5.44. The fourth-order valence-corrected chi connectivity index (χ4v) is 2.18. The maximum absolute atomic E-state index is 12.0. The summed E-state index contributed by atoms with van der Waals surface area (Å²) in [5, 5.41) is 2.97. The number of anilines is 1. The summed E-state index contributed by atoms with van der Waals surface area (Å²) in [4.78, 5) is 26.9. The number of nitrogens with one attached hydrogen (secondary N) is 1. The van der Waals surface area contributed by atoms with Crippen molar-refractivity contribution in [3.05, 3.63) is 40.4 Å². The summed E-state index contributed by atoms with van der Waals surface area (Å²) in [5.41, 5.74) is 0.254. The van der Waals surface area contributed by atoms with E-state index >= 15 is 0 Å². The Hall–Kier alpha value is -1.92. The first-order valence-electron chi connectivity index (χ1n) is 5.26. The minimum atomic E-state index is -0.488. The summed E-state index contributed by atoms with van der Waals surface area (Å²) in [6.45, 7) is 1.27. The van der Waals surface area contributed by atoms with E-state index in [1.807, 2.05) is 0 Å². The number of hydrogen-bond donors (Lipinski definition) is 1. The zero-order chi connectivity index (χ0) is 13.8. The summed E-state index contributed by atoms with van der Waals surface area (Å²) in [5.74, 6) is -0.699. The summed E-state index contributed by atoms with van der Waals surface area (Å²) in [6, 6.07) is 6.46. The van der Waals surface area contributed by atoms with E-state index in [1.54, 1.807) is 24.3 Å². The molecule has 0 saturated heterocycles. The third-order valence-electron chi connectivity index (χ3n) is 2.08. The topological polar surface area (TPSA) is 68.3 Å². The number of benzene rings is 1. The van der Waals surface area contributed by atoms with Crippen LogP contribution >= 0.6 is 22.9 Å². The number of aromatic nitrogens is 1. The second-order valence-corrected chi connectivity index (χ2v) is 5.18. The molecule has 1 N–H and O–H groups in total. The van der Waals surface area contributed by atoms with Crippen molar-refractivity contribution in [1.82, 2.24) is 4.98 Å². The van der Waals surface area contributed by atoms with Crippen LogP contribution in [0, 0.1) is 0 Å². The van der Waals surface area contributed by atoms with Crippen LogP contribution in [-0.2, 0) is 4.79 Å². The van der Waals surface area contributed by atoms with Gasteiger partial charge in [0.15, 0.2) is 5.13 Å². The second-order valence-electron chi connectivity index (χ2n) is 3.51. The van der Waals surface area contributed by atoms with Crippen LogP contribution in [0.4, 0.5) is 5.13 Å². The lowest BCUT2D eigenvalue weighted by Crippen LogP contribution is -2.14. The van der Waals surface area contributed by atoms with Crippen molar-refractivity contribution >= 4 is 39.9 Å². The zero-order valence-corrected chi connectivity index (χ0v) is 11.4. The Morgan fingerprint density at radius 2 is 2.11 bits per heavy atom. The van der Waals surface area contributed by atoms with Gasteiger partial charge in [0.1, 0.15) is 10.1 Å². The van der Waals surface area contributed by atoms with Crippen LogP contribution in [0.25, 0.3) is 0 Å². The van der Waals surface area contributed by atoms with Gasteiger partial charge in [-0.1, -0.05) is 35.1 Å². The second kappa shape index (κ2) is 5.81. The fraction of sp³-hybridized carbons (Fsp3) is 0.0833. The number of para-hydroxylation sites is 1. The first-order chi connectivity index (χ1) is 9.06. The number of ether oxygens (including phenoxy) is 1. The number of nitrogens with zero attached hydrogens (tertiary/aromatic N) is 1. The molecule has 0 spiro atoms. The summed E-state index contributed by atoms with van der Waals surface area (Å²) in [6.07, 6.45) is 1.44. The van der Waals surface area contributed by atoms with Gasteiger partial charge in [-0.05, 0) is 12.1 Å². The average molecular weight is 297 g/mol. The number of amides is 1. The van der Waals surface area contributed by atoms with E-state index in [4.69, 9.17) is 16.3 Å². The highest BCUT2D eigenvalue weighted by Gasteiger charge is 2.14. The molecule has 0 atom stereocenters. The predicted molar refractivity (Wildman–Crippen MR) is 72.8 cm³/mol. The third-order valence-corrected chi connectivity index (χ3v) is 3.11. The largest absolute Gasteiger partial charge is 0.426 e. The molecular weight excluding hydrogens is 288 g/mol. The van der Waals surface area contributed by atoms with Crippen LogP contribution in [-0.4, -0.2) is 16.9 Å². The molecule has 0 bridgehead atoms. The fourth-order valence-electron chi connectivity index (χ4n) is 1.37. The van der Waals surface area contributed by atoms with Gasteiger partial charge in [-0.3, -0.25) is 14.9 Å². The molecule has 0 aliphatic heterocycles. The van der Waals surface area contributed by atoms with Crippen molar-refractivity contribution in [3.63, 3.8) is 0 Å². The van der Waals surface area contributed by atoms with E-state index in [9.17, 15) is 9.59 Å². The van der Waals surface area contributed by atoms with Crippen LogP contribution < -0.4 is 10.1 Å². The van der Waals surface area contributed by atoms with Crippen molar-refractivity contribution in [2.24, 2.45) is 0 Å². The van der Waals surface area contributed by atoms with Crippen molar-refractivity contribution in [3.8, 4) is 5.75 Å². The van der Waals surface area contributed by atoms with E-state index in [0.717, 1.165) is 11.3 Å². The number of rotatable bonds is 3. The van der Waals surface area contributed by atoms with E-state index in [1.165, 1.54) is 13.1 Å². The Labute approximate surface area is 118 Å². The number of carbonyl (C=O) groups excluding carboxylic acids is 2. The molecule has 0 saturated carbocycles. The van der Waals surface area contributed by atoms with Gasteiger partial charge >= 0.3 is 5.97 Å². The van der Waals surface area contributed by atoms with E-state index in [-0.39, 0.29) is 11.3 Å². The predicted octanol–water partition coefficient (Wildman–Crippen LogP) is 2.97. The van der Waals surface area contributed by atoms with Crippen LogP contribution in [0.3, 0.4) is 0 Å². The quantitative estimate of drug-likeness (QED) is 0.698. The van der Waals surface area contributed by atoms with E-state index < -0.39 is 11.9 Å². The summed E-state index contributed by atoms with van der Waals surface area (Å²) >= 11 is 6.87. The Balaban J connectivity index is 2.21. The standard InChI is InChI=1S/C12H9ClN2O3S/c1-7(16)18-9-5-3-2-4-8(9)11(17)15-12-14-6-10(13)19-12/h2-6H,1H3,(H,14,15,17). The molecule has 19 heavy (non-hydrogen) atoms. The van der Waals surface area contributed by atoms with Crippen molar-refractivity contribution in [1.29, 1.82) is 0 Å². The highest BCUT2D eigenvalue weighted by Crippen LogP contribution is 2.24. The van der Waals surface area contributed by atoms with Gasteiger partial charge in [-0.15, -0.1) is 0 Å². The molecule has 0 fully saturated rings. The monoisotopic (exact) mass is 296 g/mol. The van der Waals surface area contributed by atoms with Crippen molar-refractivity contribution in [2.45, 2.75) is 6.92 Å². The van der Waals surface area contributed by atoms with Crippen LogP contribution in [0.2, 0.25) is 4.34 Å². The molecule has 1 heterocycles. The number of halogens is 1. The molecule has 98 valence electrons. The Bertz CT molecular complexity index is 627. The number of esters is 1. The third kappa shape index (κ3) is 3.52. The molecule has 0 unspecified atom stereocenters. The molecule has 0 aliphatic rings. The minimum absolute atomic E-state index is 0.204. The summed E-state index contributed by atoms with van der Waals surface area (Å²) in [7, 11) is 0. The van der Waals surface area contributed by atoms with E-state index in [2.05, 4.69) is 10.3 Å². The van der Waals surface area contributed by atoms with E-state index in [0.29, 0.717) is 9.47 Å². The molecule has 0 radical (unpaired) electrons. The first kappa shape index (κ1) is 13.5. The molecule has 1 aromatic heterocycles. The van der Waals surface area contributed by atoms with Gasteiger partial charge < -0.3 is 4.74 Å². The SMILES string of the molecule is CC(=O)Oc1ccccc1C(=O)Nc1ncc(Cl)s1. The van der Waals surface area contributed by atoms with Crippen molar-refractivity contribution < 1.29 is 14.3 Å². The average Bonchev–Trinajstić information content (AvgIpc) is 2.74. The molecular formula is C12H9ClN2O3S. The lowest BCUT2D eigenvalue weighted by atomic mass is 10.2. The molecule has 7 heteroatoms. The maximum atomic E-state index is 12.0. The molecule has 1 amide bonds. The number of hydrogen-bond acceptors (Lipinski definition) is 5. The van der Waals surface area contributed by atoms with Gasteiger partial charge in [0.2, 0.25) is 0 Å². The van der Waals surface area contributed by atoms with Gasteiger partial charge in [0, 0.05) is 6.92 Å². The van der Waals surface area contributed by atoms with Crippen molar-refractivity contribution in [2.75, 3.05) is 5.32 Å². The van der Waals surface area contributed by atoms with Gasteiger partial charge in [0.05, 0.1) is 11.8 Å². The lowest BCUT2D eigenvalue weighted by molar-refractivity contribution is -0.131. The normalized spacial score (nSPS) is 10.0. The Kier molecular flexibility index (Phi) is 4.13. The zero-order valence-electron chi connectivity index (χ0n) is 9.84. The molecule has 1 aromatic carbocycles. The Morgan fingerprint density at radius 1 is 1.37 bits per heavy atom. The molecule has 5 nitrogen and oxygen atoms in total. The maximum Gasteiger partial charge on any atom is 0.308 e. The smallest absolute Gasteiger partial charge is 0.308 e. The highest BCUT2D eigenvalue weighted by atomic mass is 35.5. The molecule has 0 aliphatic carbocycles. The Morgan fingerprint density at radius 3 is 2.74 bits per heavy atom. The van der Waals surface area contributed by atoms with Crippen LogP contribution in [0.5, 0.6) is 5.75 Å². The van der Waals surface area contributed by atoms with Crippen LogP contribution in [0.15, 0.2) is 30.5 Å². The van der Waals surface area contributed by atoms with Gasteiger partial charge in [-0.2, -0.15) is 0 Å².